The average Bonchev–Trinajstić information content (AvgIpc) is 2.97. The number of rotatable bonds is 6. The molecule has 1 amide bonds. The summed E-state index contributed by atoms with van der Waals surface area (Å²) in [5.41, 5.74) is 1.86. The van der Waals surface area contributed by atoms with Crippen molar-refractivity contribution in [3.8, 4) is 11.1 Å². The third kappa shape index (κ3) is 6.64. The van der Waals surface area contributed by atoms with Gasteiger partial charge in [0.2, 0.25) is 10.0 Å². The number of carbonyl (C=O) groups is 1. The van der Waals surface area contributed by atoms with Crippen molar-refractivity contribution in [2.75, 3.05) is 26.7 Å². The zero-order valence-electron chi connectivity index (χ0n) is 23.0. The molecule has 0 radical (unpaired) electrons. The van der Waals surface area contributed by atoms with Crippen LogP contribution in [0.5, 0.6) is 0 Å². The number of ether oxygens (including phenoxy) is 1. The minimum atomic E-state index is -4.59. The van der Waals surface area contributed by atoms with E-state index >= 15 is 0 Å². The van der Waals surface area contributed by atoms with Gasteiger partial charge >= 0.3 is 6.18 Å². The van der Waals surface area contributed by atoms with Crippen LogP contribution in [0.4, 0.5) is 13.2 Å². The van der Waals surface area contributed by atoms with Crippen molar-refractivity contribution in [1.82, 2.24) is 9.21 Å². The summed E-state index contributed by atoms with van der Waals surface area (Å²) in [6, 6.07) is 17.5. The first-order valence-corrected chi connectivity index (χ1v) is 14.6. The minimum Gasteiger partial charge on any atom is -0.394 e. The predicted octanol–water partition coefficient (Wildman–Crippen LogP) is 5.05. The van der Waals surface area contributed by atoms with Crippen molar-refractivity contribution < 1.29 is 36.2 Å². The maximum absolute atomic E-state index is 13.9. The van der Waals surface area contributed by atoms with Crippen LogP contribution in [0.15, 0.2) is 77.7 Å². The molecule has 0 aromatic heterocycles. The van der Waals surface area contributed by atoms with Gasteiger partial charge in [-0.1, -0.05) is 49.4 Å². The van der Waals surface area contributed by atoms with Crippen LogP contribution in [0.3, 0.4) is 0 Å². The Morgan fingerprint density at radius 1 is 1.00 bits per heavy atom. The van der Waals surface area contributed by atoms with Gasteiger partial charge in [0.1, 0.15) is 0 Å². The maximum atomic E-state index is 13.9. The number of fused-ring (bicyclic) bond motifs is 3. The highest BCUT2D eigenvalue weighted by molar-refractivity contribution is 7.89. The fraction of sp³-hybridized carbons (Fsp3) is 0.367. The van der Waals surface area contributed by atoms with Crippen molar-refractivity contribution in [2.45, 2.75) is 43.7 Å². The second kappa shape index (κ2) is 12.3. The van der Waals surface area contributed by atoms with E-state index in [4.69, 9.17) is 4.74 Å². The van der Waals surface area contributed by atoms with E-state index in [1.54, 1.807) is 24.0 Å². The maximum Gasteiger partial charge on any atom is 0.416 e. The molecular formula is C30H33F3N2O5S. The number of likely N-dealkylation sites (N-methyl/N-ethyl adjacent to an activating group) is 1. The Hall–Kier alpha value is -3.25. The van der Waals surface area contributed by atoms with E-state index in [0.29, 0.717) is 5.56 Å². The number of nitrogens with zero attached hydrogens (tertiary/aromatic N) is 2. The Balaban J connectivity index is 1.69. The molecule has 0 spiro atoms. The fourth-order valence-electron chi connectivity index (χ4n) is 4.90. The molecule has 41 heavy (non-hydrogen) atoms. The average molecular weight is 591 g/mol. The number of sulfonamides is 1. The summed E-state index contributed by atoms with van der Waals surface area (Å²) < 4.78 is 73.0. The van der Waals surface area contributed by atoms with E-state index in [1.165, 1.54) is 7.05 Å². The summed E-state index contributed by atoms with van der Waals surface area (Å²) >= 11 is 0. The third-order valence-electron chi connectivity index (χ3n) is 7.42. The van der Waals surface area contributed by atoms with Crippen LogP contribution in [0.25, 0.3) is 11.1 Å². The molecule has 4 rings (SSSR count). The van der Waals surface area contributed by atoms with Crippen LogP contribution in [0.2, 0.25) is 0 Å². The van der Waals surface area contributed by atoms with E-state index < -0.39 is 33.9 Å². The van der Waals surface area contributed by atoms with Crippen molar-refractivity contribution in [2.24, 2.45) is 5.92 Å². The molecule has 3 atom stereocenters. The molecule has 0 unspecified atom stereocenters. The number of amides is 1. The molecule has 3 aromatic carbocycles. The van der Waals surface area contributed by atoms with Gasteiger partial charge in [-0.25, -0.2) is 8.42 Å². The monoisotopic (exact) mass is 590 g/mol. The molecule has 7 nitrogen and oxygen atoms in total. The molecule has 1 aliphatic rings. The molecule has 0 fully saturated rings. The second-order valence-electron chi connectivity index (χ2n) is 10.3. The van der Waals surface area contributed by atoms with E-state index in [9.17, 15) is 31.5 Å². The summed E-state index contributed by atoms with van der Waals surface area (Å²) in [7, 11) is -2.81. The topological polar surface area (TPSA) is 87.2 Å². The van der Waals surface area contributed by atoms with Crippen molar-refractivity contribution in [1.29, 1.82) is 0 Å². The molecule has 3 aromatic rings. The van der Waals surface area contributed by atoms with Crippen LogP contribution in [0.1, 0.15) is 35.3 Å². The van der Waals surface area contributed by atoms with Crippen LogP contribution < -0.4 is 0 Å². The standard InChI is InChI=1S/C30H33F3N2O5S/c1-20-16-35(21(2)18-36)29(37)27-11-7-6-10-26(27)25-9-5-4-8-22(25)19-40-28(20)17-34(3)41(38,39)24-14-12-23(13-15-24)30(31,32)33/h4-15,20-21,28,36H,16-19H2,1-3H3/t20-,21-,28+/m1/s1. The number of alkyl halides is 3. The van der Waals surface area contributed by atoms with Crippen LogP contribution >= 0.6 is 0 Å². The van der Waals surface area contributed by atoms with Gasteiger partial charge < -0.3 is 14.7 Å². The Labute approximate surface area is 238 Å². The third-order valence-corrected chi connectivity index (χ3v) is 9.26. The van der Waals surface area contributed by atoms with Crippen LogP contribution in [-0.2, 0) is 27.5 Å². The van der Waals surface area contributed by atoms with Gasteiger partial charge in [-0.3, -0.25) is 4.79 Å². The van der Waals surface area contributed by atoms with Gasteiger partial charge in [-0.2, -0.15) is 17.5 Å². The number of aliphatic hydroxyl groups is 1. The first-order chi connectivity index (χ1) is 19.3. The summed E-state index contributed by atoms with van der Waals surface area (Å²) in [6.07, 6.45) is -5.28. The quantitative estimate of drug-likeness (QED) is 0.434. The van der Waals surface area contributed by atoms with Gasteiger partial charge in [-0.05, 0) is 53.9 Å². The van der Waals surface area contributed by atoms with Gasteiger partial charge in [0.15, 0.2) is 0 Å². The minimum absolute atomic E-state index is 0.116. The highest BCUT2D eigenvalue weighted by Gasteiger charge is 2.34. The number of halogens is 3. The number of hydrogen-bond donors (Lipinski definition) is 1. The molecule has 1 heterocycles. The molecular weight excluding hydrogens is 557 g/mol. The summed E-state index contributed by atoms with van der Waals surface area (Å²) in [5.74, 6) is -0.647. The van der Waals surface area contributed by atoms with Crippen molar-refractivity contribution >= 4 is 15.9 Å². The molecule has 0 saturated heterocycles. The lowest BCUT2D eigenvalue weighted by Crippen LogP contribution is -2.47. The number of carbonyl (C=O) groups excluding carboxylic acids is 1. The van der Waals surface area contributed by atoms with E-state index in [-0.39, 0.29) is 43.0 Å². The van der Waals surface area contributed by atoms with Crippen LogP contribution in [0, 0.1) is 5.92 Å². The summed E-state index contributed by atoms with van der Waals surface area (Å²) in [5, 5.41) is 9.97. The lowest BCUT2D eigenvalue weighted by molar-refractivity contribution is -0.137. The molecule has 1 N–H and O–H groups in total. The van der Waals surface area contributed by atoms with Gasteiger partial charge in [-0.15, -0.1) is 0 Å². The Bertz CT molecular complexity index is 1480. The highest BCUT2D eigenvalue weighted by Crippen LogP contribution is 2.32. The largest absolute Gasteiger partial charge is 0.416 e. The first-order valence-electron chi connectivity index (χ1n) is 13.2. The van der Waals surface area contributed by atoms with Gasteiger partial charge in [0, 0.05) is 31.6 Å². The zero-order chi connectivity index (χ0) is 29.9. The fourth-order valence-corrected chi connectivity index (χ4v) is 6.08. The van der Waals surface area contributed by atoms with Crippen molar-refractivity contribution in [3.63, 3.8) is 0 Å². The molecule has 220 valence electrons. The lowest BCUT2D eigenvalue weighted by Gasteiger charge is -2.35. The van der Waals surface area contributed by atoms with Gasteiger partial charge in [0.05, 0.1) is 35.8 Å². The van der Waals surface area contributed by atoms with Gasteiger partial charge in [0.25, 0.3) is 5.91 Å². The van der Waals surface area contributed by atoms with Crippen molar-refractivity contribution in [3.05, 3.63) is 89.5 Å². The predicted molar refractivity (Wildman–Crippen MR) is 148 cm³/mol. The molecule has 0 saturated carbocycles. The first kappa shape index (κ1) is 30.7. The molecule has 0 aliphatic carbocycles. The van der Waals surface area contributed by atoms with Crippen LogP contribution in [-0.4, -0.2) is 67.5 Å². The van der Waals surface area contributed by atoms with E-state index in [1.807, 2.05) is 43.3 Å². The molecule has 0 bridgehead atoms. The van der Waals surface area contributed by atoms with E-state index in [2.05, 4.69) is 0 Å². The SMILES string of the molecule is C[C@@H]1CN([C@H](C)CO)C(=O)c2ccccc2-c2ccccc2CO[C@H]1CN(C)S(=O)(=O)c1ccc(C(F)(F)F)cc1. The zero-order valence-corrected chi connectivity index (χ0v) is 23.8. The highest BCUT2D eigenvalue weighted by atomic mass is 32.2. The number of hydrogen-bond acceptors (Lipinski definition) is 5. The number of benzene rings is 3. The second-order valence-corrected chi connectivity index (χ2v) is 12.4. The van der Waals surface area contributed by atoms with E-state index in [0.717, 1.165) is 45.3 Å². The summed E-state index contributed by atoms with van der Waals surface area (Å²) in [4.78, 5) is 15.2. The Morgan fingerprint density at radius 3 is 2.20 bits per heavy atom. The lowest BCUT2D eigenvalue weighted by atomic mass is 9.94. The Morgan fingerprint density at radius 2 is 1.59 bits per heavy atom. The molecule has 11 heteroatoms. The normalized spacial score (nSPS) is 19.3. The Kier molecular flexibility index (Phi) is 9.22. The molecule has 1 aliphatic heterocycles. The smallest absolute Gasteiger partial charge is 0.394 e. The summed E-state index contributed by atoms with van der Waals surface area (Å²) in [6.45, 7) is 3.49. The number of aliphatic hydroxyl groups excluding tert-OH is 1.